The van der Waals surface area contributed by atoms with Crippen LogP contribution in [0.25, 0.3) is 5.69 Å². The molecule has 1 aromatic heterocycles. The lowest BCUT2D eigenvalue weighted by Gasteiger charge is -2.19. The summed E-state index contributed by atoms with van der Waals surface area (Å²) in [5.41, 5.74) is 2.20. The number of fused-ring (bicyclic) bond motifs is 3. The molecule has 0 unspecified atom stereocenters. The predicted molar refractivity (Wildman–Crippen MR) is 60.6 cm³/mol. The second kappa shape index (κ2) is 2.98. The highest BCUT2D eigenvalue weighted by Gasteiger charge is 2.18. The Hall–Kier alpha value is -1.04. The van der Waals surface area contributed by atoms with Crippen LogP contribution >= 0.6 is 22.6 Å². The van der Waals surface area contributed by atoms with Gasteiger partial charge >= 0.3 is 0 Å². The van der Waals surface area contributed by atoms with E-state index in [0.717, 1.165) is 20.8 Å². The Bertz CT molecular complexity index is 493. The third-order valence-electron chi connectivity index (χ3n) is 2.30. The van der Waals surface area contributed by atoms with Gasteiger partial charge in [0.2, 0.25) is 0 Å². The van der Waals surface area contributed by atoms with Gasteiger partial charge in [0.15, 0.2) is 0 Å². The number of halogens is 1. The Morgan fingerprint density at radius 1 is 1.36 bits per heavy atom. The first-order chi connectivity index (χ1) is 6.86. The molecule has 0 spiro atoms. The van der Waals surface area contributed by atoms with E-state index in [-0.39, 0.29) is 0 Å². The van der Waals surface area contributed by atoms with Crippen LogP contribution in [0.5, 0.6) is 5.75 Å². The van der Waals surface area contributed by atoms with Crippen molar-refractivity contribution in [2.45, 2.75) is 6.61 Å². The molecule has 3 rings (SSSR count). The van der Waals surface area contributed by atoms with E-state index in [4.69, 9.17) is 4.74 Å². The van der Waals surface area contributed by atoms with Crippen LogP contribution in [0.1, 0.15) is 5.69 Å². The summed E-state index contributed by atoms with van der Waals surface area (Å²) in [4.78, 5) is 4.27. The van der Waals surface area contributed by atoms with Crippen molar-refractivity contribution >= 4 is 22.6 Å². The van der Waals surface area contributed by atoms with Crippen molar-refractivity contribution in [1.82, 2.24) is 9.55 Å². The summed E-state index contributed by atoms with van der Waals surface area (Å²) >= 11 is 2.23. The molecule has 0 saturated heterocycles. The highest BCUT2D eigenvalue weighted by Crippen LogP contribution is 2.30. The second-order valence-electron chi connectivity index (χ2n) is 3.11. The van der Waals surface area contributed by atoms with Crippen molar-refractivity contribution in [2.24, 2.45) is 0 Å². The minimum atomic E-state index is 0.606. The zero-order valence-electron chi connectivity index (χ0n) is 7.27. The first-order valence-corrected chi connectivity index (χ1v) is 5.38. The number of ether oxygens (including phenoxy) is 1. The van der Waals surface area contributed by atoms with Gasteiger partial charge in [-0.3, -0.25) is 4.57 Å². The van der Waals surface area contributed by atoms with Gasteiger partial charge in [-0.2, -0.15) is 0 Å². The molecular weight excluding hydrogens is 291 g/mol. The Kier molecular flexibility index (Phi) is 1.76. The maximum absolute atomic E-state index is 5.62. The van der Waals surface area contributed by atoms with Crippen LogP contribution in [0.4, 0.5) is 0 Å². The zero-order valence-corrected chi connectivity index (χ0v) is 9.43. The molecule has 70 valence electrons. The fourth-order valence-corrected chi connectivity index (χ4v) is 2.15. The van der Waals surface area contributed by atoms with Crippen LogP contribution in [0, 0.1) is 3.70 Å². The van der Waals surface area contributed by atoms with Crippen molar-refractivity contribution in [2.75, 3.05) is 0 Å². The molecule has 0 atom stereocenters. The standard InChI is InChI=1S/C10H7IN2O/c11-10-8-5-14-9-4-2-1-3-7(9)13(8)6-12-10/h1-4,6H,5H2. The lowest BCUT2D eigenvalue weighted by molar-refractivity contribution is 0.284. The molecule has 2 heterocycles. The molecule has 1 aliphatic rings. The number of hydrogen-bond acceptors (Lipinski definition) is 2. The summed E-state index contributed by atoms with van der Waals surface area (Å²) in [6.07, 6.45) is 1.85. The summed E-state index contributed by atoms with van der Waals surface area (Å²) in [5.74, 6) is 0.925. The number of para-hydroxylation sites is 2. The minimum absolute atomic E-state index is 0.606. The lowest BCUT2D eigenvalue weighted by atomic mass is 10.2. The van der Waals surface area contributed by atoms with E-state index >= 15 is 0 Å². The summed E-state index contributed by atoms with van der Waals surface area (Å²) in [6, 6.07) is 8.00. The number of nitrogens with zero attached hydrogens (tertiary/aromatic N) is 2. The van der Waals surface area contributed by atoms with Crippen molar-refractivity contribution in [3.05, 3.63) is 40.0 Å². The molecule has 1 aromatic carbocycles. The Labute approximate surface area is 94.9 Å². The van der Waals surface area contributed by atoms with Gasteiger partial charge in [-0.15, -0.1) is 0 Å². The van der Waals surface area contributed by atoms with Gasteiger partial charge in [-0.25, -0.2) is 4.98 Å². The highest BCUT2D eigenvalue weighted by molar-refractivity contribution is 14.1. The van der Waals surface area contributed by atoms with Crippen molar-refractivity contribution in [1.29, 1.82) is 0 Å². The number of aromatic nitrogens is 2. The van der Waals surface area contributed by atoms with Crippen molar-refractivity contribution < 1.29 is 4.74 Å². The summed E-state index contributed by atoms with van der Waals surface area (Å²) in [5, 5.41) is 0. The third kappa shape index (κ3) is 1.06. The number of benzene rings is 1. The van der Waals surface area contributed by atoms with Gasteiger partial charge in [0.1, 0.15) is 22.4 Å². The molecular formula is C10H7IN2O. The van der Waals surface area contributed by atoms with Gasteiger partial charge < -0.3 is 4.74 Å². The Morgan fingerprint density at radius 3 is 3.14 bits per heavy atom. The lowest BCUT2D eigenvalue weighted by Crippen LogP contribution is -2.12. The van der Waals surface area contributed by atoms with Gasteiger partial charge in [0.25, 0.3) is 0 Å². The smallest absolute Gasteiger partial charge is 0.143 e. The van der Waals surface area contributed by atoms with Crippen LogP contribution in [0.2, 0.25) is 0 Å². The summed E-state index contributed by atoms with van der Waals surface area (Å²) < 4.78 is 8.72. The first-order valence-electron chi connectivity index (χ1n) is 4.30. The monoisotopic (exact) mass is 298 g/mol. The van der Waals surface area contributed by atoms with Gasteiger partial charge in [0.05, 0.1) is 11.4 Å². The molecule has 2 aromatic rings. The van der Waals surface area contributed by atoms with Crippen molar-refractivity contribution in [3.8, 4) is 11.4 Å². The Morgan fingerprint density at radius 2 is 2.21 bits per heavy atom. The number of rotatable bonds is 0. The normalized spacial score (nSPS) is 12.9. The predicted octanol–water partition coefficient (Wildman–Crippen LogP) is 2.37. The fourth-order valence-electron chi connectivity index (χ4n) is 1.61. The minimum Gasteiger partial charge on any atom is -0.485 e. The quantitative estimate of drug-likeness (QED) is 0.698. The molecule has 3 nitrogen and oxygen atoms in total. The zero-order chi connectivity index (χ0) is 9.54. The van der Waals surface area contributed by atoms with Gasteiger partial charge in [-0.05, 0) is 34.7 Å². The van der Waals surface area contributed by atoms with Gasteiger partial charge in [0, 0.05) is 0 Å². The summed E-state index contributed by atoms with van der Waals surface area (Å²) in [6.45, 7) is 0.606. The van der Waals surface area contributed by atoms with Gasteiger partial charge in [-0.1, -0.05) is 12.1 Å². The molecule has 0 amide bonds. The van der Waals surface area contributed by atoms with E-state index in [1.807, 2.05) is 30.6 Å². The molecule has 0 radical (unpaired) electrons. The fraction of sp³-hybridized carbons (Fsp3) is 0.100. The van der Waals surface area contributed by atoms with E-state index in [1.54, 1.807) is 0 Å². The molecule has 0 N–H and O–H groups in total. The van der Waals surface area contributed by atoms with E-state index < -0.39 is 0 Å². The van der Waals surface area contributed by atoms with Crippen LogP contribution in [-0.2, 0) is 6.61 Å². The average Bonchev–Trinajstić information content (AvgIpc) is 2.61. The van der Waals surface area contributed by atoms with E-state index in [0.29, 0.717) is 6.61 Å². The first kappa shape index (κ1) is 8.28. The van der Waals surface area contributed by atoms with E-state index in [9.17, 15) is 0 Å². The highest BCUT2D eigenvalue weighted by atomic mass is 127. The SMILES string of the molecule is Ic1ncn2c1COc1ccccc1-2. The van der Waals surface area contributed by atoms with E-state index in [1.165, 1.54) is 0 Å². The molecule has 0 fully saturated rings. The van der Waals surface area contributed by atoms with Crippen LogP contribution in [0.15, 0.2) is 30.6 Å². The summed E-state index contributed by atoms with van der Waals surface area (Å²) in [7, 11) is 0. The van der Waals surface area contributed by atoms with Crippen LogP contribution in [0.3, 0.4) is 0 Å². The molecule has 0 bridgehead atoms. The van der Waals surface area contributed by atoms with Crippen LogP contribution < -0.4 is 4.74 Å². The van der Waals surface area contributed by atoms with Crippen molar-refractivity contribution in [3.63, 3.8) is 0 Å². The molecule has 4 heteroatoms. The molecule has 1 aliphatic heterocycles. The third-order valence-corrected chi connectivity index (χ3v) is 3.21. The number of imidazole rings is 1. The maximum Gasteiger partial charge on any atom is 0.143 e. The largest absolute Gasteiger partial charge is 0.485 e. The maximum atomic E-state index is 5.62. The number of hydrogen-bond donors (Lipinski definition) is 0. The topological polar surface area (TPSA) is 27.1 Å². The van der Waals surface area contributed by atoms with Crippen LogP contribution in [-0.4, -0.2) is 9.55 Å². The van der Waals surface area contributed by atoms with E-state index in [2.05, 4.69) is 32.1 Å². The Balaban J connectivity index is 2.29. The molecule has 14 heavy (non-hydrogen) atoms. The molecule has 0 aliphatic carbocycles. The molecule has 0 saturated carbocycles. The average molecular weight is 298 g/mol. The second-order valence-corrected chi connectivity index (χ2v) is 4.13.